The Morgan fingerprint density at radius 2 is 2.26 bits per heavy atom. The van der Waals surface area contributed by atoms with Gasteiger partial charge in [0, 0.05) is 30.8 Å². The van der Waals surface area contributed by atoms with Crippen LogP contribution < -0.4 is 10.1 Å². The van der Waals surface area contributed by atoms with Gasteiger partial charge >= 0.3 is 0 Å². The van der Waals surface area contributed by atoms with Crippen molar-refractivity contribution < 1.29 is 9.53 Å². The highest BCUT2D eigenvalue weighted by atomic mass is 16.5. The van der Waals surface area contributed by atoms with Gasteiger partial charge < -0.3 is 15.0 Å². The van der Waals surface area contributed by atoms with Gasteiger partial charge in [0.15, 0.2) is 0 Å². The number of imidazole rings is 1. The molecular weight excluding hydrogens is 290 g/mol. The van der Waals surface area contributed by atoms with Crippen LogP contribution in [0.15, 0.2) is 36.8 Å². The van der Waals surface area contributed by atoms with Gasteiger partial charge in [-0.05, 0) is 38.3 Å². The Morgan fingerprint density at radius 1 is 1.43 bits per heavy atom. The number of hydrogen-bond acceptors (Lipinski definition) is 3. The summed E-state index contributed by atoms with van der Waals surface area (Å²) in [4.78, 5) is 19.1. The van der Waals surface area contributed by atoms with Gasteiger partial charge in [0.25, 0.3) is 0 Å². The molecule has 2 N–H and O–H groups in total. The number of fused-ring (bicyclic) bond motifs is 1. The van der Waals surface area contributed by atoms with Crippen LogP contribution in [0.2, 0.25) is 0 Å². The number of carbonyl (C=O) groups excluding carboxylic acids is 1. The highest BCUT2D eigenvalue weighted by Gasteiger charge is 2.33. The van der Waals surface area contributed by atoms with E-state index < -0.39 is 0 Å². The number of H-pyrrole nitrogens is 1. The Balaban J connectivity index is 1.58. The fraction of sp³-hybridized carbons (Fsp3) is 0.444. The molecule has 2 aromatic rings. The van der Waals surface area contributed by atoms with Crippen molar-refractivity contribution in [1.82, 2.24) is 15.3 Å². The van der Waals surface area contributed by atoms with Crippen molar-refractivity contribution in [2.75, 3.05) is 6.54 Å². The number of amides is 1. The lowest BCUT2D eigenvalue weighted by molar-refractivity contribution is -0.121. The molecule has 23 heavy (non-hydrogen) atoms. The van der Waals surface area contributed by atoms with Crippen LogP contribution in [0, 0.1) is 0 Å². The van der Waals surface area contributed by atoms with Crippen LogP contribution in [0.3, 0.4) is 0 Å². The first-order valence-electron chi connectivity index (χ1n) is 8.05. The number of aromatic nitrogens is 2. The second-order valence-electron chi connectivity index (χ2n) is 6.68. The van der Waals surface area contributed by atoms with Crippen molar-refractivity contribution >= 4 is 5.91 Å². The number of ether oxygens (including phenoxy) is 1. The highest BCUT2D eigenvalue weighted by Crippen LogP contribution is 2.40. The molecule has 0 saturated carbocycles. The van der Waals surface area contributed by atoms with Gasteiger partial charge in [-0.1, -0.05) is 18.2 Å². The number of aromatic amines is 1. The maximum Gasteiger partial charge on any atom is 0.220 e. The topological polar surface area (TPSA) is 67.0 Å². The van der Waals surface area contributed by atoms with Gasteiger partial charge in [-0.25, -0.2) is 4.98 Å². The molecule has 0 aliphatic carbocycles. The van der Waals surface area contributed by atoms with Crippen molar-refractivity contribution in [2.24, 2.45) is 0 Å². The summed E-state index contributed by atoms with van der Waals surface area (Å²) in [6, 6.07) is 8.10. The first kappa shape index (κ1) is 15.6. The Hall–Kier alpha value is -2.30. The summed E-state index contributed by atoms with van der Waals surface area (Å²) >= 11 is 0. The van der Waals surface area contributed by atoms with E-state index in [0.717, 1.165) is 17.9 Å². The summed E-state index contributed by atoms with van der Waals surface area (Å²) < 4.78 is 6.03. The van der Waals surface area contributed by atoms with Gasteiger partial charge in [0.05, 0.1) is 6.33 Å². The molecule has 1 aromatic carbocycles. The molecule has 122 valence electrons. The summed E-state index contributed by atoms with van der Waals surface area (Å²) in [7, 11) is 0. The molecule has 0 radical (unpaired) electrons. The average molecular weight is 313 g/mol. The van der Waals surface area contributed by atoms with Crippen LogP contribution in [-0.2, 0) is 11.2 Å². The molecule has 1 aliphatic heterocycles. The number of carbonyl (C=O) groups is 1. The van der Waals surface area contributed by atoms with Gasteiger partial charge in [0.1, 0.15) is 11.4 Å². The number of nitrogens with one attached hydrogen (secondary N) is 2. The number of rotatable bonds is 5. The Bertz CT molecular complexity index is 665. The predicted octanol–water partition coefficient (Wildman–Crippen LogP) is 2.80. The maximum atomic E-state index is 12.1. The van der Waals surface area contributed by atoms with Crippen molar-refractivity contribution in [3.05, 3.63) is 48.0 Å². The minimum absolute atomic E-state index is 0.0707. The number of nitrogens with zero attached hydrogens (tertiary/aromatic N) is 1. The van der Waals surface area contributed by atoms with E-state index in [1.54, 1.807) is 12.5 Å². The lowest BCUT2D eigenvalue weighted by Gasteiger charge is -2.37. The molecule has 1 amide bonds. The van der Waals surface area contributed by atoms with Crippen LogP contribution in [0.25, 0.3) is 0 Å². The molecule has 3 rings (SSSR count). The monoisotopic (exact) mass is 313 g/mol. The van der Waals surface area contributed by atoms with Crippen LogP contribution in [0.4, 0.5) is 0 Å². The molecule has 0 spiro atoms. The zero-order valence-corrected chi connectivity index (χ0v) is 13.6. The fourth-order valence-electron chi connectivity index (χ4n) is 3.13. The van der Waals surface area contributed by atoms with E-state index in [2.05, 4.69) is 35.2 Å². The van der Waals surface area contributed by atoms with Crippen molar-refractivity contribution in [3.63, 3.8) is 0 Å². The molecule has 1 aliphatic rings. The lowest BCUT2D eigenvalue weighted by Crippen LogP contribution is -2.39. The average Bonchev–Trinajstić information content (AvgIpc) is 3.03. The maximum absolute atomic E-state index is 12.1. The molecule has 2 heterocycles. The Morgan fingerprint density at radius 3 is 3.04 bits per heavy atom. The molecule has 1 unspecified atom stereocenters. The van der Waals surface area contributed by atoms with Crippen LogP contribution in [0.5, 0.6) is 5.75 Å². The van der Waals surface area contributed by atoms with Crippen molar-refractivity contribution in [1.29, 1.82) is 0 Å². The van der Waals surface area contributed by atoms with E-state index in [1.807, 2.05) is 18.2 Å². The lowest BCUT2D eigenvalue weighted by atomic mass is 9.84. The van der Waals surface area contributed by atoms with Crippen molar-refractivity contribution in [2.45, 2.75) is 44.6 Å². The van der Waals surface area contributed by atoms with E-state index in [9.17, 15) is 4.79 Å². The van der Waals surface area contributed by atoms with Crippen LogP contribution in [0.1, 0.15) is 43.9 Å². The van der Waals surface area contributed by atoms with E-state index >= 15 is 0 Å². The van der Waals surface area contributed by atoms with Gasteiger partial charge in [-0.2, -0.15) is 0 Å². The summed E-state index contributed by atoms with van der Waals surface area (Å²) in [6.07, 6.45) is 5.43. The second-order valence-corrected chi connectivity index (χ2v) is 6.68. The number of benzene rings is 1. The molecule has 5 nitrogen and oxygen atoms in total. The minimum atomic E-state index is -0.209. The summed E-state index contributed by atoms with van der Waals surface area (Å²) in [5.74, 6) is 1.29. The van der Waals surface area contributed by atoms with Gasteiger partial charge in [-0.3, -0.25) is 4.79 Å². The normalized spacial score (nSPS) is 18.8. The number of hydrogen-bond donors (Lipinski definition) is 2. The van der Waals surface area contributed by atoms with Crippen molar-refractivity contribution in [3.8, 4) is 5.75 Å². The minimum Gasteiger partial charge on any atom is -0.488 e. The molecule has 0 bridgehead atoms. The highest BCUT2D eigenvalue weighted by molar-refractivity contribution is 5.76. The summed E-state index contributed by atoms with van der Waals surface area (Å²) in [5.41, 5.74) is 1.96. The largest absolute Gasteiger partial charge is 0.488 e. The fourth-order valence-corrected chi connectivity index (χ4v) is 3.13. The van der Waals surface area contributed by atoms with E-state index in [0.29, 0.717) is 19.4 Å². The van der Waals surface area contributed by atoms with Crippen LogP contribution in [-0.4, -0.2) is 28.0 Å². The van der Waals surface area contributed by atoms with E-state index in [1.165, 1.54) is 5.56 Å². The molecule has 5 heteroatoms. The molecule has 0 saturated heterocycles. The Kier molecular flexibility index (Phi) is 4.37. The van der Waals surface area contributed by atoms with Crippen LogP contribution >= 0.6 is 0 Å². The molecular formula is C18H23N3O2. The third-order valence-corrected chi connectivity index (χ3v) is 4.20. The SMILES string of the molecule is CC1(C)CC(CNC(=O)CCc2cnc[nH]2)c2ccccc2O1. The number of para-hydroxylation sites is 1. The number of aryl methyl sites for hydroxylation is 1. The van der Waals surface area contributed by atoms with Gasteiger partial charge in [-0.15, -0.1) is 0 Å². The first-order chi connectivity index (χ1) is 11.0. The molecule has 0 fully saturated rings. The van der Waals surface area contributed by atoms with Gasteiger partial charge in [0.2, 0.25) is 5.91 Å². The zero-order chi connectivity index (χ0) is 16.3. The standard InChI is InChI=1S/C18H23N3O2/c1-18(2)9-13(15-5-3-4-6-16(15)23-18)10-20-17(22)8-7-14-11-19-12-21-14/h3-6,11-13H,7-10H2,1-2H3,(H,19,21)(H,20,22). The predicted molar refractivity (Wildman–Crippen MR) is 88.4 cm³/mol. The molecule has 1 atom stereocenters. The zero-order valence-electron chi connectivity index (χ0n) is 13.6. The first-order valence-corrected chi connectivity index (χ1v) is 8.05. The smallest absolute Gasteiger partial charge is 0.220 e. The Labute approximate surface area is 136 Å². The summed E-state index contributed by atoms with van der Waals surface area (Å²) in [5, 5.41) is 3.06. The van der Waals surface area contributed by atoms with E-state index in [-0.39, 0.29) is 17.4 Å². The quantitative estimate of drug-likeness (QED) is 0.892. The molecule has 1 aromatic heterocycles. The third kappa shape index (κ3) is 3.92. The van der Waals surface area contributed by atoms with E-state index in [4.69, 9.17) is 4.74 Å². The second kappa shape index (κ2) is 6.44. The third-order valence-electron chi connectivity index (χ3n) is 4.20. The summed E-state index contributed by atoms with van der Waals surface area (Å²) in [6.45, 7) is 4.83.